The van der Waals surface area contributed by atoms with Gasteiger partial charge in [-0.15, -0.1) is 0 Å². The Morgan fingerprint density at radius 1 is 1.07 bits per heavy atom. The number of aryl methyl sites for hydroxylation is 1. The van der Waals surface area contributed by atoms with Gasteiger partial charge in [0.1, 0.15) is 11.4 Å². The second-order valence-electron chi connectivity index (χ2n) is 7.95. The molecule has 1 N–H and O–H groups in total. The van der Waals surface area contributed by atoms with Gasteiger partial charge in [0.25, 0.3) is 0 Å². The third-order valence-corrected chi connectivity index (χ3v) is 6.04. The predicted octanol–water partition coefficient (Wildman–Crippen LogP) is 3.35. The fourth-order valence-electron chi connectivity index (χ4n) is 4.44. The molecular formula is C23H26N6O. The van der Waals surface area contributed by atoms with Crippen LogP contribution in [0.1, 0.15) is 29.8 Å². The van der Waals surface area contributed by atoms with Crippen LogP contribution >= 0.6 is 0 Å². The molecule has 4 heterocycles. The first-order valence-electron chi connectivity index (χ1n) is 10.5. The molecule has 7 nitrogen and oxygen atoms in total. The van der Waals surface area contributed by atoms with Crippen molar-refractivity contribution in [1.29, 1.82) is 0 Å². The van der Waals surface area contributed by atoms with Crippen molar-refractivity contribution >= 4 is 11.8 Å². The minimum Gasteiger partial charge on any atom is -0.368 e. The molecule has 0 saturated carbocycles. The third-order valence-electron chi connectivity index (χ3n) is 6.04. The molecule has 1 saturated heterocycles. The van der Waals surface area contributed by atoms with Crippen molar-refractivity contribution in [2.45, 2.75) is 31.8 Å². The summed E-state index contributed by atoms with van der Waals surface area (Å²) in [7, 11) is 1.85. The lowest BCUT2D eigenvalue weighted by Gasteiger charge is -2.44. The van der Waals surface area contributed by atoms with Crippen LogP contribution in [0.4, 0.5) is 11.8 Å². The van der Waals surface area contributed by atoms with E-state index in [2.05, 4.69) is 37.3 Å². The molecule has 1 spiro atoms. The van der Waals surface area contributed by atoms with Gasteiger partial charge in [0.15, 0.2) is 5.82 Å². The van der Waals surface area contributed by atoms with E-state index < -0.39 is 0 Å². The second-order valence-corrected chi connectivity index (χ2v) is 7.95. The van der Waals surface area contributed by atoms with Crippen LogP contribution in [-0.2, 0) is 16.8 Å². The highest BCUT2D eigenvalue weighted by Crippen LogP contribution is 2.41. The second kappa shape index (κ2) is 7.65. The lowest BCUT2D eigenvalue weighted by Crippen LogP contribution is -2.47. The summed E-state index contributed by atoms with van der Waals surface area (Å²) in [4.78, 5) is 21.0. The molecule has 1 aromatic carbocycles. The molecule has 30 heavy (non-hydrogen) atoms. The Balaban J connectivity index is 1.43. The topological polar surface area (TPSA) is 76.1 Å². The van der Waals surface area contributed by atoms with Gasteiger partial charge in [0.2, 0.25) is 5.95 Å². The van der Waals surface area contributed by atoms with E-state index >= 15 is 0 Å². The molecule has 154 valence electrons. The van der Waals surface area contributed by atoms with Crippen molar-refractivity contribution in [3.05, 3.63) is 59.5 Å². The van der Waals surface area contributed by atoms with Crippen LogP contribution in [0.25, 0.3) is 11.4 Å². The number of benzene rings is 1. The molecule has 3 aromatic rings. The van der Waals surface area contributed by atoms with Crippen LogP contribution in [0.5, 0.6) is 0 Å². The predicted molar refractivity (Wildman–Crippen MR) is 117 cm³/mol. The van der Waals surface area contributed by atoms with Crippen molar-refractivity contribution in [2.24, 2.45) is 0 Å². The van der Waals surface area contributed by atoms with Crippen molar-refractivity contribution in [3.63, 3.8) is 0 Å². The van der Waals surface area contributed by atoms with Crippen molar-refractivity contribution in [2.75, 3.05) is 37.0 Å². The van der Waals surface area contributed by atoms with Crippen LogP contribution in [0.3, 0.4) is 0 Å². The van der Waals surface area contributed by atoms with E-state index in [1.54, 1.807) is 0 Å². The Kier molecular flexibility index (Phi) is 4.83. The monoisotopic (exact) mass is 402 g/mol. The zero-order valence-corrected chi connectivity index (χ0v) is 17.4. The Hall–Kier alpha value is -3.06. The van der Waals surface area contributed by atoms with E-state index in [9.17, 15) is 0 Å². The molecule has 7 heteroatoms. The average Bonchev–Trinajstić information content (AvgIpc) is 2.80. The van der Waals surface area contributed by atoms with Crippen LogP contribution in [0.2, 0.25) is 0 Å². The van der Waals surface area contributed by atoms with E-state index in [1.807, 2.05) is 44.4 Å². The maximum absolute atomic E-state index is 6.41. The fourth-order valence-corrected chi connectivity index (χ4v) is 4.44. The first-order chi connectivity index (χ1) is 14.7. The maximum atomic E-state index is 6.41. The number of anilines is 2. The lowest BCUT2D eigenvalue weighted by atomic mass is 9.83. The largest absolute Gasteiger partial charge is 0.368 e. The van der Waals surface area contributed by atoms with Crippen molar-refractivity contribution in [3.8, 4) is 11.4 Å². The summed E-state index contributed by atoms with van der Waals surface area (Å²) in [5, 5.41) is 3.05. The standard InChI is InChI=1S/C23H26N6O/c1-16-14-19(27-22(24-2)26-16)29-11-9-23(10-12-29)20-18(8-13-30-23)15-25-21(28-20)17-6-4-3-5-7-17/h3-7,14-15H,8-13H2,1-2H3,(H,24,26,27). The summed E-state index contributed by atoms with van der Waals surface area (Å²) < 4.78 is 6.41. The van der Waals surface area contributed by atoms with Crippen LogP contribution < -0.4 is 10.2 Å². The summed E-state index contributed by atoms with van der Waals surface area (Å²) in [5.41, 5.74) is 3.94. The molecule has 2 aliphatic heterocycles. The van der Waals surface area contributed by atoms with Crippen LogP contribution in [0.15, 0.2) is 42.6 Å². The minimum absolute atomic E-state index is 0.343. The Labute approximate surface area is 176 Å². The molecule has 1 fully saturated rings. The highest BCUT2D eigenvalue weighted by atomic mass is 16.5. The summed E-state index contributed by atoms with van der Waals surface area (Å²) >= 11 is 0. The SMILES string of the molecule is CNc1nc(C)cc(N2CCC3(CC2)OCCc2cnc(-c4ccccc4)nc23)n1. The smallest absolute Gasteiger partial charge is 0.224 e. The summed E-state index contributed by atoms with van der Waals surface area (Å²) in [6.07, 6.45) is 4.62. The van der Waals surface area contributed by atoms with Gasteiger partial charge in [-0.2, -0.15) is 4.98 Å². The van der Waals surface area contributed by atoms with Gasteiger partial charge in [-0.1, -0.05) is 30.3 Å². The molecule has 0 unspecified atom stereocenters. The van der Waals surface area contributed by atoms with Gasteiger partial charge in [-0.05, 0) is 31.7 Å². The number of nitrogens with one attached hydrogen (secondary N) is 1. The van der Waals surface area contributed by atoms with Crippen molar-refractivity contribution in [1.82, 2.24) is 19.9 Å². The molecule has 0 radical (unpaired) electrons. The quantitative estimate of drug-likeness (QED) is 0.720. The van der Waals surface area contributed by atoms with E-state index in [0.29, 0.717) is 5.95 Å². The zero-order valence-electron chi connectivity index (χ0n) is 17.4. The Morgan fingerprint density at radius 3 is 2.63 bits per heavy atom. The molecule has 2 aliphatic rings. The molecule has 5 rings (SSSR count). The first kappa shape index (κ1) is 18.9. The molecule has 0 aliphatic carbocycles. The van der Waals surface area contributed by atoms with Gasteiger partial charge < -0.3 is 15.0 Å². The van der Waals surface area contributed by atoms with Crippen LogP contribution in [-0.4, -0.2) is 46.7 Å². The van der Waals surface area contributed by atoms with E-state index in [1.165, 1.54) is 5.56 Å². The van der Waals surface area contributed by atoms with Gasteiger partial charge in [-0.3, -0.25) is 0 Å². The number of rotatable bonds is 3. The summed E-state index contributed by atoms with van der Waals surface area (Å²) in [6, 6.07) is 12.2. The Bertz CT molecular complexity index is 1050. The fraction of sp³-hybridized carbons (Fsp3) is 0.391. The van der Waals surface area contributed by atoms with Gasteiger partial charge in [0, 0.05) is 43.7 Å². The zero-order chi connectivity index (χ0) is 20.6. The maximum Gasteiger partial charge on any atom is 0.224 e. The van der Waals surface area contributed by atoms with E-state index in [4.69, 9.17) is 9.72 Å². The summed E-state index contributed by atoms with van der Waals surface area (Å²) in [6.45, 7) is 4.45. The molecule has 0 amide bonds. The number of nitrogens with zero attached hydrogens (tertiary/aromatic N) is 5. The number of aromatic nitrogens is 4. The molecule has 0 atom stereocenters. The van der Waals surface area contributed by atoms with Gasteiger partial charge in [0.05, 0.1) is 12.3 Å². The number of piperidine rings is 1. The van der Waals surface area contributed by atoms with E-state index in [-0.39, 0.29) is 5.60 Å². The molecule has 0 bridgehead atoms. The van der Waals surface area contributed by atoms with Crippen molar-refractivity contribution < 1.29 is 4.74 Å². The minimum atomic E-state index is -0.343. The highest BCUT2D eigenvalue weighted by molar-refractivity contribution is 5.55. The molecule has 2 aromatic heterocycles. The highest BCUT2D eigenvalue weighted by Gasteiger charge is 2.43. The number of fused-ring (bicyclic) bond motifs is 2. The lowest BCUT2D eigenvalue weighted by molar-refractivity contribution is -0.0801. The Morgan fingerprint density at radius 2 is 1.87 bits per heavy atom. The number of ether oxygens (including phenoxy) is 1. The van der Waals surface area contributed by atoms with E-state index in [0.717, 1.165) is 67.6 Å². The first-order valence-corrected chi connectivity index (χ1v) is 10.5. The third kappa shape index (κ3) is 3.39. The van der Waals surface area contributed by atoms with Gasteiger partial charge >= 0.3 is 0 Å². The number of hydrogen-bond donors (Lipinski definition) is 1. The summed E-state index contributed by atoms with van der Waals surface area (Å²) in [5.74, 6) is 2.39. The average molecular weight is 403 g/mol. The van der Waals surface area contributed by atoms with Crippen LogP contribution in [0, 0.1) is 6.92 Å². The molecular weight excluding hydrogens is 376 g/mol. The van der Waals surface area contributed by atoms with Gasteiger partial charge in [-0.25, -0.2) is 15.0 Å². The normalized spacial score (nSPS) is 17.6. The number of hydrogen-bond acceptors (Lipinski definition) is 7.